The van der Waals surface area contributed by atoms with Crippen LogP contribution in [0.3, 0.4) is 0 Å². The van der Waals surface area contributed by atoms with Crippen LogP contribution in [0.15, 0.2) is 29.1 Å². The Morgan fingerprint density at radius 2 is 2.06 bits per heavy atom. The maximum Gasteiger partial charge on any atom is 0.261 e. The number of H-pyrrole nitrogens is 2. The van der Waals surface area contributed by atoms with E-state index in [1.807, 2.05) is 31.2 Å². The van der Waals surface area contributed by atoms with Gasteiger partial charge in [-0.15, -0.1) is 0 Å². The first-order chi connectivity index (χ1) is 8.13. The third-order valence-electron chi connectivity index (χ3n) is 2.67. The minimum atomic E-state index is -0.209. The third-order valence-corrected chi connectivity index (χ3v) is 2.88. The van der Waals surface area contributed by atoms with Gasteiger partial charge >= 0.3 is 0 Å². The molecule has 0 atom stereocenters. The monoisotopic (exact) mass is 243 g/mol. The molecule has 1 aromatic carbocycles. The van der Waals surface area contributed by atoms with E-state index in [0.29, 0.717) is 15.8 Å². The minimum absolute atomic E-state index is 0.209. The molecular formula is C12H9N3OS. The molecule has 4 nitrogen and oxygen atoms in total. The summed E-state index contributed by atoms with van der Waals surface area (Å²) in [5.74, 6) is 0. The molecule has 0 saturated heterocycles. The Morgan fingerprint density at radius 1 is 1.24 bits per heavy atom. The number of aromatic nitrogens is 3. The lowest BCUT2D eigenvalue weighted by molar-refractivity contribution is 1.12. The molecule has 0 aliphatic rings. The van der Waals surface area contributed by atoms with Crippen molar-refractivity contribution in [1.82, 2.24) is 15.0 Å². The van der Waals surface area contributed by atoms with E-state index in [-0.39, 0.29) is 5.56 Å². The molecule has 84 valence electrons. The van der Waals surface area contributed by atoms with Crippen molar-refractivity contribution in [3.63, 3.8) is 0 Å². The summed E-state index contributed by atoms with van der Waals surface area (Å²) in [5, 5.41) is 1.48. The van der Waals surface area contributed by atoms with Crippen molar-refractivity contribution < 1.29 is 0 Å². The molecule has 0 amide bonds. The smallest absolute Gasteiger partial charge is 0.261 e. The Bertz CT molecular complexity index is 848. The lowest BCUT2D eigenvalue weighted by Gasteiger charge is -2.01. The Morgan fingerprint density at radius 3 is 2.88 bits per heavy atom. The summed E-state index contributed by atoms with van der Waals surface area (Å²) in [7, 11) is 0. The number of rotatable bonds is 0. The van der Waals surface area contributed by atoms with Crippen molar-refractivity contribution in [2.45, 2.75) is 6.92 Å². The number of nitrogens with one attached hydrogen (secondary N) is 2. The summed E-state index contributed by atoms with van der Waals surface area (Å²) in [6.45, 7) is 2.01. The van der Waals surface area contributed by atoms with Gasteiger partial charge in [0.25, 0.3) is 5.56 Å². The van der Waals surface area contributed by atoms with E-state index in [4.69, 9.17) is 12.2 Å². The molecule has 0 spiro atoms. The highest BCUT2D eigenvalue weighted by Gasteiger charge is 2.03. The van der Waals surface area contributed by atoms with Crippen LogP contribution >= 0.6 is 12.2 Å². The molecule has 0 aliphatic carbocycles. The summed E-state index contributed by atoms with van der Waals surface area (Å²) in [5.41, 5.74) is 2.30. The van der Waals surface area contributed by atoms with E-state index in [1.165, 1.54) is 0 Å². The van der Waals surface area contributed by atoms with E-state index in [1.54, 1.807) is 0 Å². The third kappa shape index (κ3) is 1.64. The predicted molar refractivity (Wildman–Crippen MR) is 69.8 cm³/mol. The summed E-state index contributed by atoms with van der Waals surface area (Å²) in [6, 6.07) is 7.75. The van der Waals surface area contributed by atoms with Crippen LogP contribution in [-0.4, -0.2) is 15.0 Å². The van der Waals surface area contributed by atoms with Crippen LogP contribution < -0.4 is 5.56 Å². The second kappa shape index (κ2) is 3.49. The molecule has 3 aromatic rings. The van der Waals surface area contributed by atoms with E-state index in [2.05, 4.69) is 15.0 Å². The second-order valence-corrected chi connectivity index (χ2v) is 4.40. The van der Waals surface area contributed by atoms with E-state index in [0.717, 1.165) is 16.5 Å². The Hall–Kier alpha value is -2.01. The lowest BCUT2D eigenvalue weighted by atomic mass is 10.1. The van der Waals surface area contributed by atoms with Crippen LogP contribution in [0.1, 0.15) is 5.56 Å². The topological polar surface area (TPSA) is 61.5 Å². The van der Waals surface area contributed by atoms with Gasteiger partial charge in [0.1, 0.15) is 5.65 Å². The highest BCUT2D eigenvalue weighted by atomic mass is 32.1. The van der Waals surface area contributed by atoms with E-state index < -0.39 is 0 Å². The lowest BCUT2D eigenvalue weighted by Crippen LogP contribution is -2.08. The van der Waals surface area contributed by atoms with Gasteiger partial charge in [0, 0.05) is 5.39 Å². The van der Waals surface area contributed by atoms with Crippen LogP contribution in [0.25, 0.3) is 21.9 Å². The van der Waals surface area contributed by atoms with Crippen molar-refractivity contribution in [3.8, 4) is 0 Å². The number of hydrogen-bond acceptors (Lipinski definition) is 3. The van der Waals surface area contributed by atoms with Gasteiger partial charge in [-0.25, -0.2) is 4.98 Å². The summed E-state index contributed by atoms with van der Waals surface area (Å²) < 4.78 is 0.293. The maximum atomic E-state index is 11.7. The molecule has 2 N–H and O–H groups in total. The molecule has 2 aromatic heterocycles. The number of aryl methyl sites for hydroxylation is 1. The number of nitrogens with zero attached hydrogens (tertiary/aromatic N) is 1. The van der Waals surface area contributed by atoms with Crippen LogP contribution in [0.4, 0.5) is 0 Å². The summed E-state index contributed by atoms with van der Waals surface area (Å²) >= 11 is 4.92. The number of aromatic amines is 2. The zero-order valence-corrected chi connectivity index (χ0v) is 9.89. The van der Waals surface area contributed by atoms with Crippen molar-refractivity contribution >= 4 is 34.2 Å². The van der Waals surface area contributed by atoms with E-state index in [9.17, 15) is 4.79 Å². The molecule has 17 heavy (non-hydrogen) atoms. The number of fused-ring (bicyclic) bond motifs is 2. The molecule has 5 heteroatoms. The summed E-state index contributed by atoms with van der Waals surface area (Å²) in [6.07, 6.45) is 0. The van der Waals surface area contributed by atoms with Crippen LogP contribution in [0.2, 0.25) is 0 Å². The summed E-state index contributed by atoms with van der Waals surface area (Å²) in [4.78, 5) is 21.6. The fourth-order valence-corrected chi connectivity index (χ4v) is 2.06. The highest BCUT2D eigenvalue weighted by molar-refractivity contribution is 7.71. The van der Waals surface area contributed by atoms with Crippen molar-refractivity contribution in [1.29, 1.82) is 0 Å². The normalized spacial score (nSPS) is 11.1. The van der Waals surface area contributed by atoms with Gasteiger partial charge in [0.15, 0.2) is 4.77 Å². The van der Waals surface area contributed by atoms with Gasteiger partial charge in [0.2, 0.25) is 0 Å². The Kier molecular flexibility index (Phi) is 2.09. The van der Waals surface area contributed by atoms with Gasteiger partial charge in [-0.3, -0.25) is 9.78 Å². The number of pyridine rings is 1. The molecule has 0 saturated carbocycles. The van der Waals surface area contributed by atoms with Crippen LogP contribution in [0, 0.1) is 11.7 Å². The standard InChI is InChI=1S/C12H9N3OS/c1-6-2-3-9-7(4-6)5-8-10(13-9)14-12(17)15-11(8)16/h2-5H,1H3,(H2,13,14,15,16,17). The molecular weight excluding hydrogens is 234 g/mol. The quantitative estimate of drug-likeness (QED) is 0.471. The largest absolute Gasteiger partial charge is 0.316 e. The zero-order valence-electron chi connectivity index (χ0n) is 9.07. The number of hydrogen-bond donors (Lipinski definition) is 2. The van der Waals surface area contributed by atoms with Gasteiger partial charge in [-0.1, -0.05) is 11.6 Å². The fourth-order valence-electron chi connectivity index (χ4n) is 1.87. The van der Waals surface area contributed by atoms with Crippen molar-refractivity contribution in [2.24, 2.45) is 0 Å². The predicted octanol–water partition coefficient (Wildman–Crippen LogP) is 2.44. The van der Waals surface area contributed by atoms with E-state index >= 15 is 0 Å². The maximum absolute atomic E-state index is 11.7. The molecule has 0 aliphatic heterocycles. The van der Waals surface area contributed by atoms with Crippen molar-refractivity contribution in [3.05, 3.63) is 45.0 Å². The van der Waals surface area contributed by atoms with Crippen LogP contribution in [0.5, 0.6) is 0 Å². The second-order valence-electron chi connectivity index (χ2n) is 3.99. The van der Waals surface area contributed by atoms with Gasteiger partial charge in [0.05, 0.1) is 10.9 Å². The Balaban J connectivity index is 2.56. The van der Waals surface area contributed by atoms with Gasteiger partial charge in [-0.2, -0.15) is 0 Å². The van der Waals surface area contributed by atoms with Crippen LogP contribution in [-0.2, 0) is 0 Å². The van der Waals surface area contributed by atoms with Crippen molar-refractivity contribution in [2.75, 3.05) is 0 Å². The zero-order chi connectivity index (χ0) is 12.0. The van der Waals surface area contributed by atoms with Gasteiger partial charge < -0.3 is 4.98 Å². The molecule has 0 radical (unpaired) electrons. The Labute approximate surface area is 101 Å². The molecule has 0 bridgehead atoms. The number of benzene rings is 1. The molecule has 2 heterocycles. The molecule has 3 rings (SSSR count). The fraction of sp³-hybridized carbons (Fsp3) is 0.0833. The molecule has 0 unspecified atom stereocenters. The first-order valence-corrected chi connectivity index (χ1v) is 5.58. The average molecular weight is 243 g/mol. The SMILES string of the molecule is Cc1ccc2nc3[nH]c(=S)[nH]c(=O)c3cc2c1. The van der Waals surface area contributed by atoms with Gasteiger partial charge in [-0.05, 0) is 37.3 Å². The average Bonchev–Trinajstić information content (AvgIpc) is 2.27. The highest BCUT2D eigenvalue weighted by Crippen LogP contribution is 2.17. The molecule has 0 fully saturated rings. The first-order valence-electron chi connectivity index (χ1n) is 5.17. The first kappa shape index (κ1) is 10.2. The minimum Gasteiger partial charge on any atom is -0.316 e.